The van der Waals surface area contributed by atoms with Crippen LogP contribution in [0.15, 0.2) is 6.20 Å². The number of aryl methyl sites for hydroxylation is 2. The van der Waals surface area contributed by atoms with E-state index in [2.05, 4.69) is 25.2 Å². The minimum Gasteiger partial charge on any atom is -0.328 e. The van der Waals surface area contributed by atoms with E-state index in [0.29, 0.717) is 0 Å². The highest BCUT2D eigenvalue weighted by molar-refractivity contribution is 4.94. The lowest BCUT2D eigenvalue weighted by Gasteiger charge is -1.88. The summed E-state index contributed by atoms with van der Waals surface area (Å²) in [6.45, 7) is 5.14. The molecule has 0 spiro atoms. The van der Waals surface area contributed by atoms with Gasteiger partial charge in [0.15, 0.2) is 6.33 Å². The summed E-state index contributed by atoms with van der Waals surface area (Å²) in [5.41, 5.74) is 1.12. The summed E-state index contributed by atoms with van der Waals surface area (Å²) in [6.07, 6.45) is 5.90. The molecule has 0 N–H and O–H groups in total. The van der Waals surface area contributed by atoms with Crippen LogP contribution in [0, 0.1) is 6.33 Å². The van der Waals surface area contributed by atoms with Crippen molar-refractivity contribution in [3.8, 4) is 0 Å². The molecule has 0 aliphatic heterocycles. The zero-order chi connectivity index (χ0) is 6.69. The van der Waals surface area contributed by atoms with Crippen LogP contribution in [-0.2, 0) is 13.0 Å². The van der Waals surface area contributed by atoms with E-state index in [1.54, 1.807) is 0 Å². The van der Waals surface area contributed by atoms with Crippen molar-refractivity contribution in [3.05, 3.63) is 18.2 Å². The fraction of sp³-hybridized carbons (Fsp3) is 0.571. The van der Waals surface area contributed by atoms with Crippen LogP contribution >= 0.6 is 0 Å². The number of hydrogen-bond acceptors (Lipinski definition) is 1. The molecule has 9 heavy (non-hydrogen) atoms. The average Bonchev–Trinajstić information content (AvgIpc) is 2.34. The summed E-state index contributed by atoms with van der Waals surface area (Å²) in [7, 11) is 0. The van der Waals surface area contributed by atoms with E-state index >= 15 is 0 Å². The van der Waals surface area contributed by atoms with Crippen LogP contribution in [-0.4, -0.2) is 9.55 Å². The van der Waals surface area contributed by atoms with Gasteiger partial charge in [0.05, 0.1) is 5.69 Å². The van der Waals surface area contributed by atoms with Crippen LogP contribution in [0.5, 0.6) is 0 Å². The molecule has 2 heteroatoms. The quantitative estimate of drug-likeness (QED) is 0.579. The van der Waals surface area contributed by atoms with Crippen molar-refractivity contribution in [3.63, 3.8) is 0 Å². The molecule has 0 unspecified atom stereocenters. The Bertz CT molecular complexity index is 160. The predicted octanol–water partition coefficient (Wildman–Crippen LogP) is 1.27. The van der Waals surface area contributed by atoms with E-state index < -0.39 is 0 Å². The van der Waals surface area contributed by atoms with Gasteiger partial charge in [-0.1, -0.05) is 6.92 Å². The standard InChI is InChI=1S/C7H11N2/c1-3-7-5-9(4-2)6-8-7/h5H,3-4H2,1-2H3. The predicted molar refractivity (Wildman–Crippen MR) is 36.1 cm³/mol. The molecule has 0 amide bonds. The highest BCUT2D eigenvalue weighted by Crippen LogP contribution is 1.94. The lowest BCUT2D eigenvalue weighted by Crippen LogP contribution is -1.87. The molecule has 1 aromatic heterocycles. The third kappa shape index (κ3) is 1.31. The van der Waals surface area contributed by atoms with E-state index in [1.165, 1.54) is 0 Å². The smallest absolute Gasteiger partial charge is 0.176 e. The van der Waals surface area contributed by atoms with Gasteiger partial charge >= 0.3 is 0 Å². The van der Waals surface area contributed by atoms with E-state index in [-0.39, 0.29) is 0 Å². The Morgan fingerprint density at radius 2 is 2.44 bits per heavy atom. The Morgan fingerprint density at radius 1 is 1.67 bits per heavy atom. The molecule has 49 valence electrons. The molecule has 2 nitrogen and oxygen atoms in total. The van der Waals surface area contributed by atoms with Gasteiger partial charge in [-0.2, -0.15) is 0 Å². The van der Waals surface area contributed by atoms with Gasteiger partial charge < -0.3 is 4.57 Å². The second-order valence-corrected chi connectivity index (χ2v) is 1.97. The summed E-state index contributed by atoms with van der Waals surface area (Å²) < 4.78 is 1.96. The lowest BCUT2D eigenvalue weighted by atomic mass is 10.4. The Labute approximate surface area is 55.5 Å². The molecule has 1 rings (SSSR count). The second-order valence-electron chi connectivity index (χ2n) is 1.97. The number of nitrogens with zero attached hydrogens (tertiary/aromatic N) is 2. The normalized spacial score (nSPS) is 10.0. The Kier molecular flexibility index (Phi) is 1.88. The molecule has 0 fully saturated rings. The average molecular weight is 123 g/mol. The summed E-state index contributed by atoms with van der Waals surface area (Å²) in [5.74, 6) is 0. The summed E-state index contributed by atoms with van der Waals surface area (Å²) in [5, 5.41) is 0. The molecular formula is C7H11N2. The molecule has 0 aliphatic rings. The number of imidazole rings is 1. The molecule has 0 aromatic carbocycles. The highest BCUT2D eigenvalue weighted by Gasteiger charge is 1.92. The maximum Gasteiger partial charge on any atom is 0.176 e. The molecule has 1 radical (unpaired) electrons. The first-order valence-corrected chi connectivity index (χ1v) is 3.30. The third-order valence-corrected chi connectivity index (χ3v) is 1.33. The van der Waals surface area contributed by atoms with Gasteiger partial charge in [-0.15, -0.1) is 0 Å². The number of rotatable bonds is 2. The second kappa shape index (κ2) is 2.67. The maximum absolute atomic E-state index is 4.04. The summed E-state index contributed by atoms with van der Waals surface area (Å²) >= 11 is 0. The van der Waals surface area contributed by atoms with Crippen LogP contribution in [0.25, 0.3) is 0 Å². The van der Waals surface area contributed by atoms with Gasteiger partial charge in [-0.05, 0) is 13.3 Å². The van der Waals surface area contributed by atoms with Crippen LogP contribution in [0.1, 0.15) is 19.5 Å². The first kappa shape index (κ1) is 6.33. The fourth-order valence-corrected chi connectivity index (χ4v) is 0.698. The van der Waals surface area contributed by atoms with Crippen molar-refractivity contribution in [2.24, 2.45) is 0 Å². The van der Waals surface area contributed by atoms with Crippen molar-refractivity contribution in [1.29, 1.82) is 0 Å². The van der Waals surface area contributed by atoms with Gasteiger partial charge in [-0.3, -0.25) is 0 Å². The summed E-state index contributed by atoms with van der Waals surface area (Å²) in [6, 6.07) is 0. The molecule has 1 aromatic rings. The Hall–Kier alpha value is -0.790. The minimum absolute atomic E-state index is 0.965. The van der Waals surface area contributed by atoms with Crippen molar-refractivity contribution in [2.45, 2.75) is 26.8 Å². The SMILES string of the molecule is CCc1cn(CC)[c]n1. The molecule has 0 atom stereocenters. The van der Waals surface area contributed by atoms with Crippen molar-refractivity contribution < 1.29 is 0 Å². The highest BCUT2D eigenvalue weighted by atomic mass is 15.0. The maximum atomic E-state index is 4.04. The van der Waals surface area contributed by atoms with E-state index in [1.807, 2.05) is 10.8 Å². The van der Waals surface area contributed by atoms with Crippen LogP contribution in [0.4, 0.5) is 0 Å². The fourth-order valence-electron chi connectivity index (χ4n) is 0.698. The van der Waals surface area contributed by atoms with Gasteiger partial charge in [0.25, 0.3) is 0 Å². The van der Waals surface area contributed by atoms with Gasteiger partial charge in [0.2, 0.25) is 0 Å². The molecule has 0 bridgehead atoms. The number of hydrogen-bond donors (Lipinski definition) is 0. The molecular weight excluding hydrogens is 112 g/mol. The molecule has 0 aliphatic carbocycles. The Morgan fingerprint density at radius 3 is 2.78 bits per heavy atom. The van der Waals surface area contributed by atoms with Crippen LogP contribution in [0.2, 0.25) is 0 Å². The molecule has 1 heterocycles. The van der Waals surface area contributed by atoms with E-state index in [4.69, 9.17) is 0 Å². The van der Waals surface area contributed by atoms with Gasteiger partial charge in [-0.25, -0.2) is 4.98 Å². The van der Waals surface area contributed by atoms with Crippen molar-refractivity contribution in [1.82, 2.24) is 9.55 Å². The zero-order valence-corrected chi connectivity index (χ0v) is 5.89. The first-order chi connectivity index (χ1) is 4.36. The van der Waals surface area contributed by atoms with Crippen molar-refractivity contribution in [2.75, 3.05) is 0 Å². The zero-order valence-electron chi connectivity index (χ0n) is 5.89. The first-order valence-electron chi connectivity index (χ1n) is 3.30. The monoisotopic (exact) mass is 123 g/mol. The Balaban J connectivity index is 2.74. The van der Waals surface area contributed by atoms with Gasteiger partial charge in [0, 0.05) is 12.7 Å². The van der Waals surface area contributed by atoms with E-state index in [9.17, 15) is 0 Å². The topological polar surface area (TPSA) is 17.8 Å². The van der Waals surface area contributed by atoms with Crippen molar-refractivity contribution >= 4 is 0 Å². The summed E-state index contributed by atoms with van der Waals surface area (Å²) in [4.78, 5) is 4.04. The van der Waals surface area contributed by atoms with E-state index in [0.717, 1.165) is 18.7 Å². The third-order valence-electron chi connectivity index (χ3n) is 1.33. The largest absolute Gasteiger partial charge is 0.328 e. The number of aromatic nitrogens is 2. The van der Waals surface area contributed by atoms with Gasteiger partial charge in [0.1, 0.15) is 0 Å². The van der Waals surface area contributed by atoms with Crippen LogP contribution < -0.4 is 0 Å². The van der Waals surface area contributed by atoms with Crippen LogP contribution in [0.3, 0.4) is 0 Å². The molecule has 0 saturated carbocycles. The minimum atomic E-state index is 0.965. The lowest BCUT2D eigenvalue weighted by molar-refractivity contribution is 0.754. The molecule has 0 saturated heterocycles.